The Morgan fingerprint density at radius 2 is 1.60 bits per heavy atom. The van der Waals surface area contributed by atoms with Crippen molar-refractivity contribution in [3.8, 4) is 16.9 Å². The molecule has 1 aliphatic carbocycles. The maximum Gasteiger partial charge on any atom is 0.343 e. The summed E-state index contributed by atoms with van der Waals surface area (Å²) in [6.07, 6.45) is 6.80. The number of ether oxygens (including phenoxy) is 1. The normalized spacial score (nSPS) is 17.9. The van der Waals surface area contributed by atoms with Gasteiger partial charge < -0.3 is 4.74 Å². The zero-order valence-electron chi connectivity index (χ0n) is 20.3. The fourth-order valence-corrected chi connectivity index (χ4v) is 5.07. The van der Waals surface area contributed by atoms with Gasteiger partial charge in [0.05, 0.1) is 5.56 Å². The number of hydrogen-bond acceptors (Lipinski definition) is 2. The van der Waals surface area contributed by atoms with Crippen LogP contribution in [0, 0.1) is 23.4 Å². The Kier molecular flexibility index (Phi) is 7.94. The van der Waals surface area contributed by atoms with Gasteiger partial charge in [0.2, 0.25) is 5.82 Å². The average molecular weight is 481 g/mol. The van der Waals surface area contributed by atoms with Crippen molar-refractivity contribution >= 4 is 5.97 Å². The second-order valence-corrected chi connectivity index (χ2v) is 9.42. The lowest BCUT2D eigenvalue weighted by atomic mass is 9.77. The van der Waals surface area contributed by atoms with E-state index in [0.717, 1.165) is 44.1 Å². The van der Waals surface area contributed by atoms with Gasteiger partial charge in [-0.05, 0) is 84.9 Å². The average Bonchev–Trinajstić information content (AvgIpc) is 2.88. The molecule has 0 amide bonds. The third kappa shape index (κ3) is 5.61. The van der Waals surface area contributed by atoms with Crippen LogP contribution in [0.5, 0.6) is 5.75 Å². The molecule has 184 valence electrons. The number of hydrogen-bond donors (Lipinski definition) is 0. The number of rotatable bonds is 7. The summed E-state index contributed by atoms with van der Waals surface area (Å²) in [5, 5.41) is 0. The van der Waals surface area contributed by atoms with Gasteiger partial charge in [0.25, 0.3) is 0 Å². The van der Waals surface area contributed by atoms with Crippen LogP contribution >= 0.6 is 0 Å². The zero-order valence-corrected chi connectivity index (χ0v) is 20.3. The molecule has 2 nitrogen and oxygen atoms in total. The standard InChI is InChI=1S/C30H31F3O2/c1-3-5-20-6-9-22(10-7-20)25-16-17-27(29(33)28(25)32)35-30(34)23-13-11-21(12-14-23)24-15-8-19(4-2)18-26(24)31/h8,11-18,20,22H,3-7,9-10H2,1-2H3. The molecule has 1 saturated carbocycles. The van der Waals surface area contributed by atoms with Crippen LogP contribution in [0.3, 0.4) is 0 Å². The molecule has 1 fully saturated rings. The SMILES string of the molecule is CCCC1CCC(c2ccc(OC(=O)c3ccc(-c4ccc(CC)cc4F)cc3)c(F)c2F)CC1. The van der Waals surface area contributed by atoms with Gasteiger partial charge in [0.15, 0.2) is 11.6 Å². The zero-order chi connectivity index (χ0) is 24.9. The third-order valence-corrected chi connectivity index (χ3v) is 7.14. The first-order valence-electron chi connectivity index (χ1n) is 12.5. The van der Waals surface area contributed by atoms with Crippen LogP contribution in [0.15, 0.2) is 54.6 Å². The Morgan fingerprint density at radius 1 is 0.886 bits per heavy atom. The van der Waals surface area contributed by atoms with Gasteiger partial charge in [-0.2, -0.15) is 4.39 Å². The van der Waals surface area contributed by atoms with Gasteiger partial charge >= 0.3 is 5.97 Å². The van der Waals surface area contributed by atoms with Gasteiger partial charge in [-0.15, -0.1) is 0 Å². The molecule has 0 bridgehead atoms. The summed E-state index contributed by atoms with van der Waals surface area (Å²) in [4.78, 5) is 12.6. The van der Waals surface area contributed by atoms with Crippen LogP contribution in [-0.4, -0.2) is 5.97 Å². The lowest BCUT2D eigenvalue weighted by Crippen LogP contribution is -2.15. The van der Waals surface area contributed by atoms with Crippen molar-refractivity contribution in [3.05, 3.63) is 88.7 Å². The van der Waals surface area contributed by atoms with Crippen LogP contribution in [0.25, 0.3) is 11.1 Å². The van der Waals surface area contributed by atoms with E-state index >= 15 is 0 Å². The predicted octanol–water partition coefficient (Wildman–Crippen LogP) is 8.63. The van der Waals surface area contributed by atoms with Crippen molar-refractivity contribution in [3.63, 3.8) is 0 Å². The first-order valence-corrected chi connectivity index (χ1v) is 12.5. The molecule has 3 aromatic carbocycles. The highest BCUT2D eigenvalue weighted by molar-refractivity contribution is 5.91. The Balaban J connectivity index is 1.45. The molecular formula is C30H31F3O2. The van der Waals surface area contributed by atoms with Crippen molar-refractivity contribution in [2.75, 3.05) is 0 Å². The highest BCUT2D eigenvalue weighted by atomic mass is 19.2. The second kappa shape index (κ2) is 11.1. The first-order chi connectivity index (χ1) is 16.9. The number of carbonyl (C=O) groups is 1. The van der Waals surface area contributed by atoms with E-state index in [1.54, 1.807) is 18.2 Å². The number of esters is 1. The smallest absolute Gasteiger partial charge is 0.343 e. The lowest BCUT2D eigenvalue weighted by Gasteiger charge is -2.29. The number of carbonyl (C=O) groups excluding carboxylic acids is 1. The number of aryl methyl sites for hydroxylation is 1. The minimum Gasteiger partial charge on any atom is -0.420 e. The van der Waals surface area contributed by atoms with Crippen molar-refractivity contribution in [1.29, 1.82) is 0 Å². The van der Waals surface area contributed by atoms with Crippen molar-refractivity contribution in [2.24, 2.45) is 5.92 Å². The Hall–Kier alpha value is -3.08. The van der Waals surface area contributed by atoms with Gasteiger partial charge in [0, 0.05) is 5.56 Å². The third-order valence-electron chi connectivity index (χ3n) is 7.14. The fourth-order valence-electron chi connectivity index (χ4n) is 5.07. The molecule has 0 N–H and O–H groups in total. The van der Waals surface area contributed by atoms with E-state index in [4.69, 9.17) is 4.74 Å². The van der Waals surface area contributed by atoms with E-state index in [1.165, 1.54) is 36.8 Å². The maximum atomic E-state index is 14.9. The van der Waals surface area contributed by atoms with Crippen LogP contribution in [0.1, 0.15) is 79.8 Å². The summed E-state index contributed by atoms with van der Waals surface area (Å²) in [6, 6.07) is 14.1. The van der Waals surface area contributed by atoms with Crippen molar-refractivity contribution in [2.45, 2.75) is 64.7 Å². The van der Waals surface area contributed by atoms with Crippen LogP contribution < -0.4 is 4.74 Å². The quantitative estimate of drug-likeness (QED) is 0.250. The van der Waals surface area contributed by atoms with Crippen molar-refractivity contribution < 1.29 is 22.7 Å². The van der Waals surface area contributed by atoms with Gasteiger partial charge in [0.1, 0.15) is 5.82 Å². The number of benzene rings is 3. The second-order valence-electron chi connectivity index (χ2n) is 9.42. The molecule has 0 radical (unpaired) electrons. The molecular weight excluding hydrogens is 449 g/mol. The summed E-state index contributed by atoms with van der Waals surface area (Å²) in [5.41, 5.74) is 2.46. The first kappa shape index (κ1) is 25.0. The highest BCUT2D eigenvalue weighted by Gasteiger charge is 2.27. The highest BCUT2D eigenvalue weighted by Crippen LogP contribution is 2.40. The topological polar surface area (TPSA) is 26.3 Å². The molecule has 35 heavy (non-hydrogen) atoms. The monoisotopic (exact) mass is 480 g/mol. The van der Waals surface area contributed by atoms with E-state index in [9.17, 15) is 18.0 Å². The van der Waals surface area contributed by atoms with E-state index in [1.807, 2.05) is 13.0 Å². The van der Waals surface area contributed by atoms with E-state index in [2.05, 4.69) is 6.92 Å². The molecule has 0 spiro atoms. The molecule has 0 aliphatic heterocycles. The van der Waals surface area contributed by atoms with E-state index in [-0.39, 0.29) is 17.3 Å². The number of halogens is 3. The van der Waals surface area contributed by atoms with Crippen LogP contribution in [-0.2, 0) is 6.42 Å². The maximum absolute atomic E-state index is 14.9. The van der Waals surface area contributed by atoms with Crippen molar-refractivity contribution in [1.82, 2.24) is 0 Å². The summed E-state index contributed by atoms with van der Waals surface area (Å²) in [7, 11) is 0. The molecule has 0 heterocycles. The van der Waals surface area contributed by atoms with E-state index in [0.29, 0.717) is 22.6 Å². The molecule has 0 atom stereocenters. The molecule has 1 aliphatic rings. The molecule has 3 aromatic rings. The summed E-state index contributed by atoms with van der Waals surface area (Å²) in [6.45, 7) is 4.12. The summed E-state index contributed by atoms with van der Waals surface area (Å²) < 4.78 is 49.2. The van der Waals surface area contributed by atoms with Gasteiger partial charge in [-0.1, -0.05) is 57.0 Å². The van der Waals surface area contributed by atoms with Crippen LogP contribution in [0.2, 0.25) is 0 Å². The predicted molar refractivity (Wildman–Crippen MR) is 132 cm³/mol. The van der Waals surface area contributed by atoms with Gasteiger partial charge in [-0.25, -0.2) is 13.6 Å². The Bertz CT molecular complexity index is 1180. The van der Waals surface area contributed by atoms with Gasteiger partial charge in [-0.3, -0.25) is 0 Å². The molecule has 0 saturated heterocycles. The largest absolute Gasteiger partial charge is 0.420 e. The molecule has 5 heteroatoms. The Labute approximate surface area is 205 Å². The lowest BCUT2D eigenvalue weighted by molar-refractivity contribution is 0.0726. The molecule has 0 aromatic heterocycles. The summed E-state index contributed by atoms with van der Waals surface area (Å²) in [5.74, 6) is -2.98. The van der Waals surface area contributed by atoms with E-state index < -0.39 is 23.4 Å². The van der Waals surface area contributed by atoms with Crippen LogP contribution in [0.4, 0.5) is 13.2 Å². The molecule has 0 unspecified atom stereocenters. The fraction of sp³-hybridized carbons (Fsp3) is 0.367. The Morgan fingerprint density at radius 3 is 2.23 bits per heavy atom. The minimum atomic E-state index is -1.14. The summed E-state index contributed by atoms with van der Waals surface area (Å²) >= 11 is 0. The molecule has 4 rings (SSSR count). The minimum absolute atomic E-state index is 0.0123.